The van der Waals surface area contributed by atoms with Crippen molar-refractivity contribution >= 4 is 28.5 Å². The molecule has 2 N–H and O–H groups in total. The van der Waals surface area contributed by atoms with Gasteiger partial charge in [0.2, 0.25) is 0 Å². The van der Waals surface area contributed by atoms with E-state index in [0.29, 0.717) is 28.4 Å². The van der Waals surface area contributed by atoms with Crippen molar-refractivity contribution in [2.75, 3.05) is 5.32 Å². The van der Waals surface area contributed by atoms with E-state index in [2.05, 4.69) is 15.7 Å². The Labute approximate surface area is 198 Å². The molecular formula is C27H27N5O2. The number of hydrogen-bond donors (Lipinski definition) is 2. The second kappa shape index (κ2) is 8.74. The molecule has 7 heteroatoms. The topological polar surface area (TPSA) is 88.9 Å². The zero-order valence-electron chi connectivity index (χ0n) is 19.5. The van der Waals surface area contributed by atoms with E-state index >= 15 is 0 Å². The summed E-state index contributed by atoms with van der Waals surface area (Å²) in [5.74, 6) is -0.131. The maximum Gasteiger partial charge on any atom is 0.256 e. The summed E-state index contributed by atoms with van der Waals surface area (Å²) in [4.78, 5) is 31.4. The molecule has 4 aromatic rings. The highest BCUT2D eigenvalue weighted by Gasteiger charge is 2.29. The largest absolute Gasteiger partial charge is 0.345 e. The first-order valence-corrected chi connectivity index (χ1v) is 11.5. The normalized spacial score (nSPS) is 14.1. The van der Waals surface area contributed by atoms with Crippen LogP contribution < -0.4 is 10.6 Å². The highest BCUT2D eigenvalue weighted by Crippen LogP contribution is 2.40. The molecule has 0 aliphatic heterocycles. The molecule has 0 unspecified atom stereocenters. The monoisotopic (exact) mass is 453 g/mol. The summed E-state index contributed by atoms with van der Waals surface area (Å²) in [6.45, 7) is 3.82. The molecule has 1 saturated carbocycles. The number of carbonyl (C=O) groups is 2. The molecular weight excluding hydrogens is 426 g/mol. The van der Waals surface area contributed by atoms with Crippen LogP contribution in [0.1, 0.15) is 69.4 Å². The van der Waals surface area contributed by atoms with Gasteiger partial charge in [-0.1, -0.05) is 42.5 Å². The fraction of sp³-hybridized carbons (Fsp3) is 0.259. The number of fused-ring (bicyclic) bond motifs is 1. The molecule has 172 valence electrons. The summed E-state index contributed by atoms with van der Waals surface area (Å²) < 4.78 is 1.72. The van der Waals surface area contributed by atoms with E-state index in [0.717, 1.165) is 35.2 Å². The molecule has 2 aromatic carbocycles. The number of nitrogens with one attached hydrogen (secondary N) is 2. The number of pyridine rings is 1. The average Bonchev–Trinajstić information content (AvgIpc) is 3.65. The molecule has 1 atom stereocenters. The summed E-state index contributed by atoms with van der Waals surface area (Å²) in [6, 6.07) is 18.5. The number of anilines is 1. The van der Waals surface area contributed by atoms with Crippen molar-refractivity contribution < 1.29 is 9.59 Å². The third kappa shape index (κ3) is 4.17. The summed E-state index contributed by atoms with van der Waals surface area (Å²) in [6.07, 6.45) is 2.16. The van der Waals surface area contributed by atoms with E-state index in [1.807, 2.05) is 57.3 Å². The van der Waals surface area contributed by atoms with Gasteiger partial charge in [-0.2, -0.15) is 5.10 Å². The minimum absolute atomic E-state index is 0.170. The Hall–Kier alpha value is -4.00. The predicted octanol–water partition coefficient (Wildman–Crippen LogP) is 4.90. The van der Waals surface area contributed by atoms with E-state index < -0.39 is 0 Å². The van der Waals surface area contributed by atoms with Crippen LogP contribution in [-0.2, 0) is 7.05 Å². The minimum Gasteiger partial charge on any atom is -0.345 e. The van der Waals surface area contributed by atoms with E-state index in [1.54, 1.807) is 28.9 Å². The maximum absolute atomic E-state index is 13.5. The molecule has 5 rings (SSSR count). The molecule has 0 spiro atoms. The van der Waals surface area contributed by atoms with Gasteiger partial charge in [0.15, 0.2) is 5.65 Å². The van der Waals surface area contributed by atoms with Gasteiger partial charge in [-0.15, -0.1) is 0 Å². The van der Waals surface area contributed by atoms with Crippen LogP contribution in [0.5, 0.6) is 0 Å². The summed E-state index contributed by atoms with van der Waals surface area (Å²) in [7, 11) is 1.84. The van der Waals surface area contributed by atoms with Gasteiger partial charge in [0.1, 0.15) is 0 Å². The molecule has 34 heavy (non-hydrogen) atoms. The van der Waals surface area contributed by atoms with Crippen LogP contribution in [-0.4, -0.2) is 26.6 Å². The lowest BCUT2D eigenvalue weighted by Crippen LogP contribution is -2.28. The third-order valence-electron chi connectivity index (χ3n) is 6.30. The van der Waals surface area contributed by atoms with Crippen molar-refractivity contribution in [2.45, 2.75) is 38.6 Å². The van der Waals surface area contributed by atoms with E-state index in [4.69, 9.17) is 4.98 Å². The van der Waals surface area contributed by atoms with Gasteiger partial charge in [-0.25, -0.2) is 4.98 Å². The lowest BCUT2D eigenvalue weighted by Gasteiger charge is -2.17. The number of aromatic nitrogens is 3. The number of aryl methyl sites for hydroxylation is 2. The third-order valence-corrected chi connectivity index (χ3v) is 6.30. The smallest absolute Gasteiger partial charge is 0.256 e. The molecule has 7 nitrogen and oxygen atoms in total. The van der Waals surface area contributed by atoms with Crippen molar-refractivity contribution in [1.82, 2.24) is 20.1 Å². The number of carbonyl (C=O) groups excluding carboxylic acids is 2. The Morgan fingerprint density at radius 3 is 2.44 bits per heavy atom. The van der Waals surface area contributed by atoms with Gasteiger partial charge in [0.05, 0.1) is 33.9 Å². The molecule has 1 aliphatic carbocycles. The zero-order valence-corrected chi connectivity index (χ0v) is 19.5. The number of para-hydroxylation sites is 1. The Morgan fingerprint density at radius 2 is 1.71 bits per heavy atom. The molecule has 2 amide bonds. The standard InChI is InChI=1S/C27H27N5O2/c1-16(18-9-5-4-6-10-18)28-26(33)20-11-7-8-12-22(20)30-27(34)21-15-23(19-13-14-19)29-25-24(21)17(2)31-32(25)3/h4-12,15-16,19H,13-14H2,1-3H3,(H,28,33)(H,30,34)/t16-/m1/s1. The van der Waals surface area contributed by atoms with Gasteiger partial charge in [-0.3, -0.25) is 14.3 Å². The molecule has 0 bridgehead atoms. The SMILES string of the molecule is Cc1nn(C)c2nc(C3CC3)cc(C(=O)Nc3ccccc3C(=O)N[C@H](C)c3ccccc3)c12. The van der Waals surface area contributed by atoms with Gasteiger partial charge in [0, 0.05) is 18.7 Å². The van der Waals surface area contributed by atoms with Gasteiger partial charge < -0.3 is 10.6 Å². The van der Waals surface area contributed by atoms with E-state index in [1.165, 1.54) is 0 Å². The molecule has 2 heterocycles. The van der Waals surface area contributed by atoms with Crippen LogP contribution in [0.25, 0.3) is 11.0 Å². The number of hydrogen-bond acceptors (Lipinski definition) is 4. The first-order chi connectivity index (χ1) is 16.4. The van der Waals surface area contributed by atoms with Crippen molar-refractivity contribution in [1.29, 1.82) is 0 Å². The Bertz CT molecular complexity index is 1390. The fourth-order valence-electron chi connectivity index (χ4n) is 4.31. The van der Waals surface area contributed by atoms with Crippen LogP contribution in [0.2, 0.25) is 0 Å². The summed E-state index contributed by atoms with van der Waals surface area (Å²) in [5.41, 5.74) is 4.79. The van der Waals surface area contributed by atoms with Gasteiger partial charge in [-0.05, 0) is 50.5 Å². The number of rotatable bonds is 6. The molecule has 0 radical (unpaired) electrons. The minimum atomic E-state index is -0.276. The van der Waals surface area contributed by atoms with Crippen LogP contribution >= 0.6 is 0 Å². The van der Waals surface area contributed by atoms with Crippen molar-refractivity contribution in [3.8, 4) is 0 Å². The zero-order chi connectivity index (χ0) is 23.8. The van der Waals surface area contributed by atoms with Crippen LogP contribution in [0.15, 0.2) is 60.7 Å². The predicted molar refractivity (Wildman–Crippen MR) is 132 cm³/mol. The van der Waals surface area contributed by atoms with Crippen LogP contribution in [0.3, 0.4) is 0 Å². The molecule has 1 fully saturated rings. The second-order valence-electron chi connectivity index (χ2n) is 8.88. The average molecular weight is 454 g/mol. The van der Waals surface area contributed by atoms with Crippen LogP contribution in [0, 0.1) is 6.92 Å². The lowest BCUT2D eigenvalue weighted by atomic mass is 10.1. The Balaban J connectivity index is 1.44. The molecule has 0 saturated heterocycles. The Kier molecular flexibility index (Phi) is 5.61. The summed E-state index contributed by atoms with van der Waals surface area (Å²) >= 11 is 0. The maximum atomic E-state index is 13.5. The van der Waals surface area contributed by atoms with Crippen LogP contribution in [0.4, 0.5) is 5.69 Å². The first kappa shape index (κ1) is 21.8. The van der Waals surface area contributed by atoms with Gasteiger partial charge >= 0.3 is 0 Å². The van der Waals surface area contributed by atoms with Gasteiger partial charge in [0.25, 0.3) is 11.8 Å². The highest BCUT2D eigenvalue weighted by atomic mass is 16.2. The Morgan fingerprint density at radius 1 is 1.00 bits per heavy atom. The lowest BCUT2D eigenvalue weighted by molar-refractivity contribution is 0.0940. The van der Waals surface area contributed by atoms with Crippen molar-refractivity contribution in [2.24, 2.45) is 7.05 Å². The van der Waals surface area contributed by atoms with Crippen molar-refractivity contribution in [3.63, 3.8) is 0 Å². The van der Waals surface area contributed by atoms with Crippen molar-refractivity contribution in [3.05, 3.63) is 88.7 Å². The molecule has 1 aliphatic rings. The summed E-state index contributed by atoms with van der Waals surface area (Å²) in [5, 5.41) is 11.2. The number of amides is 2. The molecule has 2 aromatic heterocycles. The number of nitrogens with zero attached hydrogens (tertiary/aromatic N) is 3. The first-order valence-electron chi connectivity index (χ1n) is 11.5. The number of benzene rings is 2. The van der Waals surface area contributed by atoms with E-state index in [9.17, 15) is 9.59 Å². The quantitative estimate of drug-likeness (QED) is 0.435. The van der Waals surface area contributed by atoms with E-state index in [-0.39, 0.29) is 17.9 Å². The second-order valence-corrected chi connectivity index (χ2v) is 8.88. The highest BCUT2D eigenvalue weighted by molar-refractivity contribution is 6.14. The fourth-order valence-corrected chi connectivity index (χ4v) is 4.31.